The first-order valence-electron chi connectivity index (χ1n) is 16.7. The lowest BCUT2D eigenvalue weighted by molar-refractivity contribution is -0.156. The Bertz CT molecular complexity index is 1820. The van der Waals surface area contributed by atoms with E-state index in [1.807, 2.05) is 27.7 Å². The molecule has 0 radical (unpaired) electrons. The zero-order valence-corrected chi connectivity index (χ0v) is 30.5. The van der Waals surface area contributed by atoms with E-state index in [1.165, 1.54) is 32.9 Å². The van der Waals surface area contributed by atoms with Crippen LogP contribution in [0.15, 0.2) is 51.4 Å². The monoisotopic (exact) mass is 717 g/mol. The number of hydrogen-bond donors (Lipinski definition) is 2. The van der Waals surface area contributed by atoms with Crippen molar-refractivity contribution in [1.82, 2.24) is 8.61 Å². The highest BCUT2D eigenvalue weighted by Crippen LogP contribution is 2.44. The second-order valence-corrected chi connectivity index (χ2v) is 18.2. The number of nitrogens with two attached hydrogens (primary N) is 1. The van der Waals surface area contributed by atoms with E-state index in [1.54, 1.807) is 26.0 Å². The van der Waals surface area contributed by atoms with Crippen LogP contribution < -0.4 is 11.2 Å². The molecule has 2 aliphatic heterocycles. The summed E-state index contributed by atoms with van der Waals surface area (Å²) in [6, 6.07) is 7.99. The van der Waals surface area contributed by atoms with E-state index in [0.717, 1.165) is 12.8 Å². The molecule has 5 rings (SSSR count). The van der Waals surface area contributed by atoms with Crippen molar-refractivity contribution < 1.29 is 31.2 Å². The van der Waals surface area contributed by atoms with Gasteiger partial charge in [0.2, 0.25) is 26.8 Å². The van der Waals surface area contributed by atoms with Crippen molar-refractivity contribution >= 4 is 58.9 Å². The fourth-order valence-corrected chi connectivity index (χ4v) is 10.6. The highest BCUT2D eigenvalue weighted by atomic mass is 32.2. The Hall–Kier alpha value is -3.21. The van der Waals surface area contributed by atoms with Crippen LogP contribution in [-0.2, 0) is 34.4 Å². The summed E-state index contributed by atoms with van der Waals surface area (Å²) >= 11 is 0. The molecule has 3 aromatic rings. The Morgan fingerprint density at radius 1 is 0.816 bits per heavy atom. The normalized spacial score (nSPS) is 23.5. The van der Waals surface area contributed by atoms with E-state index >= 15 is 0 Å². The molecule has 0 bridgehead atoms. The summed E-state index contributed by atoms with van der Waals surface area (Å²) in [4.78, 5) is 30.4. The van der Waals surface area contributed by atoms with Gasteiger partial charge in [-0.25, -0.2) is 21.7 Å². The number of ether oxygens (including phenoxy) is 1. The van der Waals surface area contributed by atoms with Gasteiger partial charge < -0.3 is 10.5 Å². The molecule has 0 aromatic heterocycles. The van der Waals surface area contributed by atoms with E-state index < -0.39 is 38.9 Å². The summed E-state index contributed by atoms with van der Waals surface area (Å²) in [5.74, 6) is -0.0890. The van der Waals surface area contributed by atoms with Gasteiger partial charge in [0.1, 0.15) is 11.7 Å². The number of carbonyl (C=O) groups is 1. The average Bonchev–Trinajstić information content (AvgIpc) is 3.04. The fraction of sp³-hybridized carbons (Fsp3) is 0.559. The van der Waals surface area contributed by atoms with Crippen molar-refractivity contribution in [2.45, 2.75) is 70.2 Å². The van der Waals surface area contributed by atoms with Crippen molar-refractivity contribution in [3.05, 3.63) is 41.3 Å². The number of piperidine rings is 2. The van der Waals surface area contributed by atoms with Gasteiger partial charge in [-0.1, -0.05) is 53.7 Å². The minimum absolute atomic E-state index is 0.0194. The van der Waals surface area contributed by atoms with Crippen molar-refractivity contribution in [2.24, 2.45) is 40.5 Å². The van der Waals surface area contributed by atoms with E-state index in [4.69, 9.17) is 15.3 Å². The van der Waals surface area contributed by atoms with Crippen LogP contribution in [0.4, 0.5) is 11.4 Å². The van der Waals surface area contributed by atoms with Gasteiger partial charge >= 0.3 is 5.97 Å². The lowest BCUT2D eigenvalue weighted by Crippen LogP contribution is -2.42. The van der Waals surface area contributed by atoms with Crippen molar-refractivity contribution in [1.29, 1.82) is 0 Å². The molecule has 0 spiro atoms. The van der Waals surface area contributed by atoms with Crippen LogP contribution in [0, 0.1) is 34.5 Å². The number of sulfonamides is 2. The van der Waals surface area contributed by atoms with Crippen molar-refractivity contribution in [3.8, 4) is 0 Å². The summed E-state index contributed by atoms with van der Waals surface area (Å²) in [5, 5.41) is 4.47. The highest BCUT2D eigenvalue weighted by molar-refractivity contribution is 7.89. The number of esters is 1. The molecule has 2 fully saturated rings. The van der Waals surface area contributed by atoms with Gasteiger partial charge in [0.25, 0.3) is 0 Å². The van der Waals surface area contributed by atoms with Gasteiger partial charge in [-0.2, -0.15) is 8.61 Å². The molecule has 0 saturated carbocycles. The van der Waals surface area contributed by atoms with E-state index in [2.05, 4.69) is 10.7 Å². The minimum atomic E-state index is -3.95. The molecule has 3 N–H and O–H groups in total. The summed E-state index contributed by atoms with van der Waals surface area (Å²) < 4.78 is 63.7. The Morgan fingerprint density at radius 2 is 1.24 bits per heavy atom. The minimum Gasteiger partial charge on any atom is -0.435 e. The third kappa shape index (κ3) is 7.61. The molecular weight excluding hydrogens is 671 g/mol. The third-order valence-corrected chi connectivity index (χ3v) is 13.1. The number of nitroso groups, excluding NO2 is 1. The topological polar surface area (TPSA) is 178 Å². The van der Waals surface area contributed by atoms with Crippen LogP contribution in [0.5, 0.6) is 0 Å². The van der Waals surface area contributed by atoms with Gasteiger partial charge in [-0.3, -0.25) is 10.3 Å². The molecule has 5 atom stereocenters. The molecule has 0 unspecified atom stereocenters. The zero-order chi connectivity index (χ0) is 35.8. The second-order valence-electron chi connectivity index (χ2n) is 14.4. The molecule has 2 aliphatic rings. The molecule has 268 valence electrons. The number of rotatable bonds is 11. The Labute approximate surface area is 288 Å². The SMILES string of the molecule is CC(C)[C@H](N)C(=O)OCONc1c2ccc(S(=O)(=O)N3C[C@H](C)C[C@H](C)C3)cc2c(N=O)c2cc(S(=O)(=O)N3C[C@H](C)C[C@H](C)C3)ccc12. The van der Waals surface area contributed by atoms with Crippen molar-refractivity contribution in [2.75, 3.05) is 38.5 Å². The summed E-state index contributed by atoms with van der Waals surface area (Å²) in [6.07, 6.45) is 1.84. The molecule has 0 amide bonds. The molecule has 13 nitrogen and oxygen atoms in total. The van der Waals surface area contributed by atoms with E-state index in [-0.39, 0.29) is 55.8 Å². The second kappa shape index (κ2) is 14.6. The molecular formula is C34H47N5O8S2. The maximum atomic E-state index is 13.9. The molecule has 2 heterocycles. The van der Waals surface area contributed by atoms with Crippen LogP contribution in [0.2, 0.25) is 0 Å². The maximum absolute atomic E-state index is 13.9. The van der Waals surface area contributed by atoms with Gasteiger partial charge in [0, 0.05) is 47.7 Å². The standard InChI is InChI=1S/C34H47N5O8S2/c1-20(2)31(35)34(40)46-19-47-37-33-27-9-7-25(48(42,43)38-15-21(3)11-22(4)16-38)13-29(27)32(36-41)30-14-26(8-10-28(30)33)49(44,45)39-17-23(5)12-24(6)18-39/h7-10,13-14,20-24,31,37H,11-12,15-19,35H2,1-6H3/t21-,22+,23-,24+,31-/m0/s1. The van der Waals surface area contributed by atoms with Crippen LogP contribution >= 0.6 is 0 Å². The van der Waals surface area contributed by atoms with Gasteiger partial charge in [-0.05, 0) is 71.9 Å². The predicted molar refractivity (Wildman–Crippen MR) is 189 cm³/mol. The zero-order valence-electron chi connectivity index (χ0n) is 28.9. The fourth-order valence-electron chi connectivity index (χ4n) is 7.15. The number of hydrogen-bond acceptors (Lipinski definition) is 11. The number of nitrogens with zero attached hydrogens (tertiary/aromatic N) is 3. The first-order chi connectivity index (χ1) is 23.0. The molecule has 3 aromatic carbocycles. The smallest absolute Gasteiger partial charge is 0.325 e. The lowest BCUT2D eigenvalue weighted by atomic mass is 9.94. The van der Waals surface area contributed by atoms with Gasteiger partial charge in [0.05, 0.1) is 15.5 Å². The van der Waals surface area contributed by atoms with Crippen LogP contribution in [0.3, 0.4) is 0 Å². The first-order valence-corrected chi connectivity index (χ1v) is 19.6. The summed E-state index contributed by atoms with van der Waals surface area (Å²) in [5.41, 5.74) is 8.85. The quantitative estimate of drug-likeness (QED) is 0.0638. The Balaban J connectivity index is 1.62. The number of benzene rings is 3. The van der Waals surface area contributed by atoms with Crippen LogP contribution in [-0.4, -0.2) is 70.4 Å². The third-order valence-electron chi connectivity index (χ3n) is 9.49. The average molecular weight is 718 g/mol. The lowest BCUT2D eigenvalue weighted by Gasteiger charge is -2.34. The molecule has 49 heavy (non-hydrogen) atoms. The van der Waals surface area contributed by atoms with Crippen LogP contribution in [0.1, 0.15) is 54.4 Å². The number of carbonyl (C=O) groups excluding carboxylic acids is 1. The summed E-state index contributed by atoms with van der Waals surface area (Å²) in [7, 11) is -7.89. The van der Waals surface area contributed by atoms with Gasteiger partial charge in [-0.15, -0.1) is 4.91 Å². The van der Waals surface area contributed by atoms with Crippen molar-refractivity contribution in [3.63, 3.8) is 0 Å². The Kier molecular flexibility index (Phi) is 11.0. The maximum Gasteiger partial charge on any atom is 0.325 e. The molecule has 2 saturated heterocycles. The number of fused-ring (bicyclic) bond motifs is 2. The largest absolute Gasteiger partial charge is 0.435 e. The van der Waals surface area contributed by atoms with Gasteiger partial charge in [0.15, 0.2) is 0 Å². The number of anilines is 1. The van der Waals surface area contributed by atoms with Crippen LogP contribution in [0.25, 0.3) is 21.5 Å². The predicted octanol–water partition coefficient (Wildman–Crippen LogP) is 5.55. The first kappa shape index (κ1) is 37.1. The summed E-state index contributed by atoms with van der Waals surface area (Å²) in [6.45, 7) is 12.6. The van der Waals surface area contributed by atoms with E-state index in [0.29, 0.717) is 42.6 Å². The van der Waals surface area contributed by atoms with E-state index in [9.17, 15) is 26.5 Å². The number of nitrogens with one attached hydrogen (secondary N) is 1. The highest BCUT2D eigenvalue weighted by Gasteiger charge is 2.34. The molecule has 15 heteroatoms. The Morgan fingerprint density at radius 3 is 1.63 bits per heavy atom. The molecule has 0 aliphatic carbocycles.